The number of nitrogens with two attached hydrogens (primary N) is 1. The molecule has 0 bridgehead atoms. The fourth-order valence-corrected chi connectivity index (χ4v) is 3.58. The number of hydrogen-bond acceptors (Lipinski definition) is 4. The summed E-state index contributed by atoms with van der Waals surface area (Å²) in [6.45, 7) is 3.67. The Morgan fingerprint density at radius 1 is 1.10 bits per heavy atom. The Morgan fingerprint density at radius 2 is 1.83 bits per heavy atom. The number of likely N-dealkylation sites (tertiary alicyclic amines) is 1. The number of rotatable bonds is 7. The summed E-state index contributed by atoms with van der Waals surface area (Å²) in [5, 5.41) is 0.523. The number of hydrogen-bond donors (Lipinski definition) is 1. The van der Waals surface area contributed by atoms with Gasteiger partial charge in [0.2, 0.25) is 5.91 Å². The molecule has 2 aromatic rings. The molecule has 1 aliphatic rings. The van der Waals surface area contributed by atoms with E-state index in [1.54, 1.807) is 35.2 Å². The van der Waals surface area contributed by atoms with Crippen LogP contribution in [0.1, 0.15) is 35.7 Å². The van der Waals surface area contributed by atoms with Crippen molar-refractivity contribution in [2.45, 2.75) is 26.4 Å². The maximum atomic E-state index is 12.9. The summed E-state index contributed by atoms with van der Waals surface area (Å²) in [6.07, 6.45) is 1.20. The molecule has 1 fully saturated rings. The molecule has 0 saturated carbocycles. The number of ether oxygens (including phenoxy) is 2. The molecule has 0 unspecified atom stereocenters. The first-order valence-electron chi connectivity index (χ1n) is 9.71. The standard InChI is InChI=1S/C22H25ClN2O4/c1-2-28-19-8-7-16(22(27)25-11-9-15(10-12-25)21(24)26)13-17(19)14-29-20-6-4-3-5-18(20)23/h3-8,13,15H,2,9-12,14H2,1H3,(H2,24,26). The third-order valence-electron chi connectivity index (χ3n) is 5.01. The first kappa shape index (κ1) is 21.0. The van der Waals surface area contributed by atoms with Gasteiger partial charge in [0, 0.05) is 30.1 Å². The third kappa shape index (κ3) is 5.21. The summed E-state index contributed by atoms with van der Waals surface area (Å²) in [5.41, 5.74) is 6.70. The molecule has 154 valence electrons. The fraction of sp³-hybridized carbons (Fsp3) is 0.364. The molecule has 0 atom stereocenters. The summed E-state index contributed by atoms with van der Waals surface area (Å²) in [4.78, 5) is 26.0. The van der Waals surface area contributed by atoms with Gasteiger partial charge < -0.3 is 20.1 Å². The van der Waals surface area contributed by atoms with E-state index in [0.717, 1.165) is 5.56 Å². The second kappa shape index (κ2) is 9.65. The van der Waals surface area contributed by atoms with Gasteiger partial charge in [-0.2, -0.15) is 0 Å². The number of para-hydroxylation sites is 1. The first-order chi connectivity index (χ1) is 14.0. The van der Waals surface area contributed by atoms with Crippen LogP contribution >= 0.6 is 11.6 Å². The molecule has 0 aliphatic carbocycles. The fourth-order valence-electron chi connectivity index (χ4n) is 3.39. The summed E-state index contributed by atoms with van der Waals surface area (Å²) >= 11 is 6.16. The molecule has 0 spiro atoms. The van der Waals surface area contributed by atoms with Crippen molar-refractivity contribution < 1.29 is 19.1 Å². The number of halogens is 1. The quantitative estimate of drug-likeness (QED) is 0.746. The van der Waals surface area contributed by atoms with E-state index in [1.165, 1.54) is 0 Å². The largest absolute Gasteiger partial charge is 0.493 e. The van der Waals surface area contributed by atoms with Crippen molar-refractivity contribution in [3.63, 3.8) is 0 Å². The highest BCUT2D eigenvalue weighted by Gasteiger charge is 2.26. The highest BCUT2D eigenvalue weighted by Crippen LogP contribution is 2.28. The summed E-state index contributed by atoms with van der Waals surface area (Å²) in [6, 6.07) is 12.6. The van der Waals surface area contributed by atoms with Crippen molar-refractivity contribution in [2.75, 3.05) is 19.7 Å². The average Bonchev–Trinajstić information content (AvgIpc) is 2.73. The third-order valence-corrected chi connectivity index (χ3v) is 5.32. The molecule has 1 aliphatic heterocycles. The van der Waals surface area contributed by atoms with Crippen molar-refractivity contribution in [3.8, 4) is 11.5 Å². The molecule has 1 saturated heterocycles. The minimum atomic E-state index is -0.294. The zero-order chi connectivity index (χ0) is 20.8. The molecule has 3 rings (SSSR count). The summed E-state index contributed by atoms with van der Waals surface area (Å²) in [5.74, 6) is 0.719. The van der Waals surface area contributed by atoms with E-state index in [0.29, 0.717) is 54.6 Å². The van der Waals surface area contributed by atoms with Gasteiger partial charge in [-0.15, -0.1) is 0 Å². The second-order valence-electron chi connectivity index (χ2n) is 6.94. The molecule has 0 aromatic heterocycles. The van der Waals surface area contributed by atoms with E-state index >= 15 is 0 Å². The number of carbonyl (C=O) groups is 2. The van der Waals surface area contributed by atoms with Crippen molar-refractivity contribution in [1.29, 1.82) is 0 Å². The Labute approximate surface area is 175 Å². The van der Waals surface area contributed by atoms with Crippen LogP contribution < -0.4 is 15.2 Å². The maximum Gasteiger partial charge on any atom is 0.253 e. The zero-order valence-corrected chi connectivity index (χ0v) is 17.2. The van der Waals surface area contributed by atoms with Gasteiger partial charge in [0.15, 0.2) is 0 Å². The van der Waals surface area contributed by atoms with Crippen LogP contribution in [0.5, 0.6) is 11.5 Å². The molecule has 0 radical (unpaired) electrons. The average molecular weight is 417 g/mol. The molecule has 7 heteroatoms. The Kier molecular flexibility index (Phi) is 6.99. The molecule has 6 nitrogen and oxygen atoms in total. The van der Waals surface area contributed by atoms with Crippen LogP contribution in [-0.2, 0) is 11.4 Å². The topological polar surface area (TPSA) is 81.9 Å². The minimum Gasteiger partial charge on any atom is -0.493 e. The smallest absolute Gasteiger partial charge is 0.253 e. The number of nitrogens with zero attached hydrogens (tertiary/aromatic N) is 1. The van der Waals surface area contributed by atoms with Crippen LogP contribution in [0.3, 0.4) is 0 Å². The van der Waals surface area contributed by atoms with E-state index in [1.807, 2.05) is 19.1 Å². The number of benzene rings is 2. The molecule has 29 heavy (non-hydrogen) atoms. The molecule has 2 aromatic carbocycles. The highest BCUT2D eigenvalue weighted by atomic mass is 35.5. The lowest BCUT2D eigenvalue weighted by molar-refractivity contribution is -0.123. The number of piperidine rings is 1. The molecular formula is C22H25ClN2O4. The van der Waals surface area contributed by atoms with Gasteiger partial charge in [-0.05, 0) is 50.1 Å². The number of amides is 2. The predicted octanol–water partition coefficient (Wildman–Crippen LogP) is 3.66. The molecule has 1 heterocycles. The lowest BCUT2D eigenvalue weighted by Crippen LogP contribution is -2.41. The van der Waals surface area contributed by atoms with Crippen LogP contribution in [0, 0.1) is 5.92 Å². The molecular weight excluding hydrogens is 392 g/mol. The monoisotopic (exact) mass is 416 g/mol. The van der Waals surface area contributed by atoms with Gasteiger partial charge in [0.1, 0.15) is 18.1 Å². The van der Waals surface area contributed by atoms with Gasteiger partial charge in [0.25, 0.3) is 5.91 Å². The highest BCUT2D eigenvalue weighted by molar-refractivity contribution is 6.32. The van der Waals surface area contributed by atoms with E-state index < -0.39 is 0 Å². The maximum absolute atomic E-state index is 12.9. The molecule has 2 amide bonds. The van der Waals surface area contributed by atoms with E-state index in [4.69, 9.17) is 26.8 Å². The van der Waals surface area contributed by atoms with Crippen molar-refractivity contribution in [3.05, 3.63) is 58.6 Å². The minimum absolute atomic E-state index is 0.0741. The van der Waals surface area contributed by atoms with Gasteiger partial charge in [0.05, 0.1) is 11.6 Å². The lowest BCUT2D eigenvalue weighted by atomic mass is 9.95. The Morgan fingerprint density at radius 3 is 2.48 bits per heavy atom. The Hall–Kier alpha value is -2.73. The van der Waals surface area contributed by atoms with Crippen LogP contribution in [0.25, 0.3) is 0 Å². The van der Waals surface area contributed by atoms with Crippen molar-refractivity contribution >= 4 is 23.4 Å². The van der Waals surface area contributed by atoms with Gasteiger partial charge >= 0.3 is 0 Å². The lowest BCUT2D eigenvalue weighted by Gasteiger charge is -2.30. The van der Waals surface area contributed by atoms with Crippen molar-refractivity contribution in [1.82, 2.24) is 4.90 Å². The van der Waals surface area contributed by atoms with E-state index in [9.17, 15) is 9.59 Å². The van der Waals surface area contributed by atoms with Crippen LogP contribution in [-0.4, -0.2) is 36.4 Å². The second-order valence-corrected chi connectivity index (χ2v) is 7.35. The van der Waals surface area contributed by atoms with Gasteiger partial charge in [-0.3, -0.25) is 9.59 Å². The number of primary amides is 1. The van der Waals surface area contributed by atoms with Crippen LogP contribution in [0.4, 0.5) is 0 Å². The van der Waals surface area contributed by atoms with Gasteiger partial charge in [-0.1, -0.05) is 23.7 Å². The van der Waals surface area contributed by atoms with Crippen LogP contribution in [0.15, 0.2) is 42.5 Å². The summed E-state index contributed by atoms with van der Waals surface area (Å²) in [7, 11) is 0. The Balaban J connectivity index is 1.74. The predicted molar refractivity (Wildman–Crippen MR) is 111 cm³/mol. The zero-order valence-electron chi connectivity index (χ0n) is 16.4. The number of carbonyl (C=O) groups excluding carboxylic acids is 2. The van der Waals surface area contributed by atoms with Gasteiger partial charge in [-0.25, -0.2) is 0 Å². The van der Waals surface area contributed by atoms with E-state index in [-0.39, 0.29) is 24.3 Å². The normalized spacial score (nSPS) is 14.5. The SMILES string of the molecule is CCOc1ccc(C(=O)N2CCC(C(N)=O)CC2)cc1COc1ccccc1Cl. The Bertz CT molecular complexity index is 879. The molecule has 2 N–H and O–H groups in total. The summed E-state index contributed by atoms with van der Waals surface area (Å²) < 4.78 is 11.5. The first-order valence-corrected chi connectivity index (χ1v) is 10.1. The van der Waals surface area contributed by atoms with Crippen LogP contribution in [0.2, 0.25) is 5.02 Å². The van der Waals surface area contributed by atoms with Crippen molar-refractivity contribution in [2.24, 2.45) is 11.7 Å². The van der Waals surface area contributed by atoms with E-state index in [2.05, 4.69) is 0 Å².